The zero-order valence-electron chi connectivity index (χ0n) is 24.0. The summed E-state index contributed by atoms with van der Waals surface area (Å²) in [5.41, 5.74) is -0.386. The van der Waals surface area contributed by atoms with Gasteiger partial charge >= 0.3 is 11.7 Å². The van der Waals surface area contributed by atoms with Crippen molar-refractivity contribution < 1.29 is 43.6 Å². The van der Waals surface area contributed by atoms with Crippen LogP contribution < -0.4 is 4.74 Å². The Morgan fingerprint density at radius 3 is 2.22 bits per heavy atom. The number of allylic oxidation sites excluding steroid dienone is 2. The molecule has 1 aromatic carbocycles. The molecule has 41 heavy (non-hydrogen) atoms. The second kappa shape index (κ2) is 20.3. The number of ether oxygens (including phenoxy) is 3. The number of carbonyl (C=O) groups excluding carboxylic acids is 1. The number of nitro groups is 1. The van der Waals surface area contributed by atoms with Crippen LogP contribution in [0.15, 0.2) is 36.4 Å². The molecule has 1 aliphatic rings. The Labute approximate surface area is 241 Å². The van der Waals surface area contributed by atoms with Crippen molar-refractivity contribution in [2.24, 2.45) is 0 Å². The van der Waals surface area contributed by atoms with E-state index < -0.39 is 48.2 Å². The topological polar surface area (TPSA) is 138 Å². The van der Waals surface area contributed by atoms with Crippen LogP contribution in [-0.2, 0) is 19.2 Å². The number of nitrogens with zero attached hydrogens (tertiary/aromatic N) is 1. The largest absolute Gasteiger partial charge is 0.478 e. The fraction of sp³-hybridized carbons (Fsp3) is 0.700. The molecular formula is C30H46FNO9. The maximum atomic E-state index is 13.4. The van der Waals surface area contributed by atoms with Crippen LogP contribution in [-0.4, -0.2) is 58.4 Å². The van der Waals surface area contributed by atoms with E-state index in [1.807, 2.05) is 0 Å². The zero-order valence-corrected chi connectivity index (χ0v) is 24.0. The number of hydrogen-bond acceptors (Lipinski definition) is 9. The fourth-order valence-corrected chi connectivity index (χ4v) is 4.76. The summed E-state index contributed by atoms with van der Waals surface area (Å²) in [5, 5.41) is 31.7. The molecule has 0 radical (unpaired) electrons. The number of rotatable bonds is 21. The third kappa shape index (κ3) is 12.4. The second-order valence-corrected chi connectivity index (χ2v) is 10.4. The van der Waals surface area contributed by atoms with Crippen LogP contribution in [0, 0.1) is 10.1 Å². The van der Waals surface area contributed by atoms with Gasteiger partial charge in [0.15, 0.2) is 18.0 Å². The minimum atomic E-state index is -1.77. The SMILES string of the molecule is CCCCCCCC/C=C\CCCCCCCC(=O)O[C@@H]1O[C@H](CO)[C@@H](Oc2ccccc2[N+](=O)[O-])[C@H](O)[C@H]1OF. The Morgan fingerprint density at radius 2 is 1.61 bits per heavy atom. The van der Waals surface area contributed by atoms with Gasteiger partial charge in [0.2, 0.25) is 6.29 Å². The lowest BCUT2D eigenvalue weighted by atomic mass is 9.98. The number of nitro benzene ring substituents is 1. The van der Waals surface area contributed by atoms with Gasteiger partial charge in [0.25, 0.3) is 0 Å². The molecule has 232 valence electrons. The van der Waals surface area contributed by atoms with Gasteiger partial charge in [-0.05, 0) is 42.7 Å². The van der Waals surface area contributed by atoms with Crippen molar-refractivity contribution in [3.05, 3.63) is 46.5 Å². The minimum absolute atomic E-state index is 0.0764. The van der Waals surface area contributed by atoms with Crippen molar-refractivity contribution in [2.45, 2.75) is 128 Å². The molecule has 5 atom stereocenters. The van der Waals surface area contributed by atoms with Gasteiger partial charge in [-0.2, -0.15) is 4.94 Å². The quantitative estimate of drug-likeness (QED) is 0.0564. The number of aliphatic hydroxyl groups excluding tert-OH is 2. The first kappa shape index (κ1) is 34.6. The van der Waals surface area contributed by atoms with Gasteiger partial charge < -0.3 is 24.4 Å². The van der Waals surface area contributed by atoms with Gasteiger partial charge in [-0.3, -0.25) is 14.9 Å². The maximum Gasteiger partial charge on any atom is 0.310 e. The number of benzene rings is 1. The summed E-state index contributed by atoms with van der Waals surface area (Å²) in [6.45, 7) is 1.54. The van der Waals surface area contributed by atoms with E-state index in [0.717, 1.165) is 38.5 Å². The summed E-state index contributed by atoms with van der Waals surface area (Å²) in [6.07, 6.45) is 11.3. The number of para-hydroxylation sites is 2. The van der Waals surface area contributed by atoms with Crippen LogP contribution in [0.2, 0.25) is 0 Å². The van der Waals surface area contributed by atoms with Gasteiger partial charge in [-0.1, -0.05) is 82.6 Å². The van der Waals surface area contributed by atoms with Gasteiger partial charge in [0.1, 0.15) is 12.2 Å². The molecule has 2 N–H and O–H groups in total. The molecule has 1 heterocycles. The monoisotopic (exact) mass is 583 g/mol. The molecule has 10 nitrogen and oxygen atoms in total. The predicted octanol–water partition coefficient (Wildman–Crippen LogP) is 6.27. The van der Waals surface area contributed by atoms with E-state index in [-0.39, 0.29) is 17.9 Å². The molecular weight excluding hydrogens is 537 g/mol. The minimum Gasteiger partial charge on any atom is -0.478 e. The normalized spacial score (nSPS) is 22.6. The number of esters is 1. The van der Waals surface area contributed by atoms with Gasteiger partial charge in [-0.15, -0.1) is 0 Å². The van der Waals surface area contributed by atoms with E-state index >= 15 is 0 Å². The summed E-state index contributed by atoms with van der Waals surface area (Å²) >= 11 is 0. The Kier molecular flexibility index (Phi) is 17.1. The number of aliphatic hydroxyl groups is 2. The highest BCUT2D eigenvalue weighted by Crippen LogP contribution is 2.32. The first-order valence-corrected chi connectivity index (χ1v) is 14.9. The standard InChI is InChI=1S/C30H46FNO9/c1-2-3-4-5-6-7-8-9-10-11-12-13-14-15-16-21-26(34)40-30-29(41-31)27(35)28(25(22-33)39-30)38-24-20-18-17-19-23(24)32(36)37/h9-10,17-20,25,27-30,33,35H,2-8,11-16,21-22H2,1H3/b10-9-/t25-,27+,28-,29-,30+/m1/s1. The lowest BCUT2D eigenvalue weighted by Crippen LogP contribution is -2.61. The zero-order chi connectivity index (χ0) is 29.9. The van der Waals surface area contributed by atoms with Gasteiger partial charge in [0.05, 0.1) is 11.5 Å². The van der Waals surface area contributed by atoms with Gasteiger partial charge in [-0.25, -0.2) is 0 Å². The number of halogens is 1. The summed E-state index contributed by atoms with van der Waals surface area (Å²) in [6, 6.07) is 5.41. The van der Waals surface area contributed by atoms with E-state index in [9.17, 15) is 29.6 Å². The third-order valence-electron chi connectivity index (χ3n) is 7.11. The molecule has 1 saturated heterocycles. The molecule has 0 saturated carbocycles. The lowest BCUT2D eigenvalue weighted by molar-refractivity contribution is -0.387. The molecule has 0 aromatic heterocycles. The molecule has 1 aliphatic heterocycles. The average molecular weight is 584 g/mol. The van der Waals surface area contributed by atoms with Crippen LogP contribution in [0.3, 0.4) is 0 Å². The molecule has 0 amide bonds. The van der Waals surface area contributed by atoms with Crippen molar-refractivity contribution in [3.8, 4) is 5.75 Å². The van der Waals surface area contributed by atoms with Crippen LogP contribution in [0.5, 0.6) is 5.75 Å². The number of unbranched alkanes of at least 4 members (excludes halogenated alkanes) is 11. The van der Waals surface area contributed by atoms with E-state index in [0.29, 0.717) is 6.42 Å². The third-order valence-corrected chi connectivity index (χ3v) is 7.11. The van der Waals surface area contributed by atoms with Crippen LogP contribution in [0.1, 0.15) is 96.8 Å². The molecule has 0 aliphatic carbocycles. The van der Waals surface area contributed by atoms with Crippen LogP contribution >= 0.6 is 0 Å². The van der Waals surface area contributed by atoms with Crippen molar-refractivity contribution in [2.75, 3.05) is 6.61 Å². The highest BCUT2D eigenvalue weighted by atomic mass is 19.3. The van der Waals surface area contributed by atoms with Crippen molar-refractivity contribution >= 4 is 11.7 Å². The lowest BCUT2D eigenvalue weighted by Gasteiger charge is -2.41. The van der Waals surface area contributed by atoms with E-state index in [4.69, 9.17) is 14.2 Å². The summed E-state index contributed by atoms with van der Waals surface area (Å²) in [5.74, 6) is -0.863. The highest BCUT2D eigenvalue weighted by molar-refractivity contribution is 5.69. The highest BCUT2D eigenvalue weighted by Gasteiger charge is 2.50. The molecule has 0 bridgehead atoms. The maximum absolute atomic E-state index is 13.4. The molecule has 2 rings (SSSR count). The molecule has 11 heteroatoms. The Morgan fingerprint density at radius 1 is 1.00 bits per heavy atom. The Balaban J connectivity index is 1.68. The van der Waals surface area contributed by atoms with E-state index in [2.05, 4.69) is 24.0 Å². The fourth-order valence-electron chi connectivity index (χ4n) is 4.76. The smallest absolute Gasteiger partial charge is 0.310 e. The molecule has 1 fully saturated rings. The molecule has 1 aromatic rings. The number of carbonyl (C=O) groups is 1. The number of hydrogen-bond donors (Lipinski definition) is 2. The second-order valence-electron chi connectivity index (χ2n) is 10.4. The van der Waals surface area contributed by atoms with Gasteiger partial charge in [0, 0.05) is 12.5 Å². The Hall–Kier alpha value is -2.60. The summed E-state index contributed by atoms with van der Waals surface area (Å²) < 4.78 is 29.6. The first-order valence-electron chi connectivity index (χ1n) is 14.9. The van der Waals surface area contributed by atoms with Crippen molar-refractivity contribution in [1.29, 1.82) is 0 Å². The van der Waals surface area contributed by atoms with Crippen molar-refractivity contribution in [1.82, 2.24) is 0 Å². The average Bonchev–Trinajstić information content (AvgIpc) is 2.96. The summed E-state index contributed by atoms with van der Waals surface area (Å²) in [7, 11) is 0. The van der Waals surface area contributed by atoms with Crippen LogP contribution in [0.25, 0.3) is 0 Å². The van der Waals surface area contributed by atoms with E-state index in [1.165, 1.54) is 62.8 Å². The van der Waals surface area contributed by atoms with Crippen molar-refractivity contribution in [3.63, 3.8) is 0 Å². The molecule has 0 spiro atoms. The predicted molar refractivity (Wildman–Crippen MR) is 151 cm³/mol. The Bertz CT molecular complexity index is 916. The van der Waals surface area contributed by atoms with E-state index in [1.54, 1.807) is 0 Å². The summed E-state index contributed by atoms with van der Waals surface area (Å²) in [4.78, 5) is 26.8. The first-order chi connectivity index (χ1) is 19.9. The van der Waals surface area contributed by atoms with Crippen LogP contribution in [0.4, 0.5) is 10.2 Å². The molecule has 0 unspecified atom stereocenters.